The van der Waals surface area contributed by atoms with E-state index in [0.717, 1.165) is 0 Å². The summed E-state index contributed by atoms with van der Waals surface area (Å²) < 4.78 is 0. The van der Waals surface area contributed by atoms with Gasteiger partial charge in [-0.25, -0.2) is 0 Å². The fourth-order valence-electron chi connectivity index (χ4n) is 9.45. The molecule has 0 nitrogen and oxygen atoms in total. The lowest BCUT2D eigenvalue weighted by atomic mass is 9.92. The topological polar surface area (TPSA) is 0 Å². The molecule has 0 aliphatic carbocycles. The highest BCUT2D eigenvalue weighted by atomic mass is 14.1. The predicted molar refractivity (Wildman–Crippen MR) is 237 cm³/mol. The van der Waals surface area contributed by atoms with Crippen molar-refractivity contribution in [1.82, 2.24) is 0 Å². The molecule has 0 spiro atoms. The molecule has 0 radical (unpaired) electrons. The van der Waals surface area contributed by atoms with Gasteiger partial charge in [-0.15, -0.1) is 0 Å². The maximum Gasteiger partial charge on any atom is -0.00988 e. The zero-order chi connectivity index (χ0) is 35.1. The minimum absolute atomic E-state index is 1.28. The van der Waals surface area contributed by atoms with Crippen LogP contribution < -0.4 is 0 Å². The molecule has 0 bridgehead atoms. The molecule has 0 N–H and O–H groups in total. The highest BCUT2D eigenvalue weighted by Gasteiger charge is 2.10. The summed E-state index contributed by atoms with van der Waals surface area (Å²) in [7, 11) is 0. The lowest BCUT2D eigenvalue weighted by molar-refractivity contribution is 1.79. The lowest BCUT2D eigenvalue weighted by Crippen LogP contribution is -1.84. The van der Waals surface area contributed by atoms with Gasteiger partial charge in [0.1, 0.15) is 0 Å². The second-order valence-corrected chi connectivity index (χ2v) is 15.5. The molecule has 54 heavy (non-hydrogen) atoms. The summed E-state index contributed by atoms with van der Waals surface area (Å²) in [4.78, 5) is 0. The van der Waals surface area contributed by atoms with Crippen LogP contribution in [0.2, 0.25) is 0 Å². The minimum atomic E-state index is 1.28. The van der Waals surface area contributed by atoms with Gasteiger partial charge >= 0.3 is 0 Å². The summed E-state index contributed by atoms with van der Waals surface area (Å²) in [6, 6.07) is 69.2. The highest BCUT2D eigenvalue weighted by molar-refractivity contribution is 6.19. The number of hydrogen-bond acceptors (Lipinski definition) is 0. The normalized spacial score (nSPS) is 12.4. The van der Waals surface area contributed by atoms with Crippen LogP contribution in [0, 0.1) is 0 Å². The van der Waals surface area contributed by atoms with Crippen LogP contribution in [0.3, 0.4) is 0 Å². The third-order valence-electron chi connectivity index (χ3n) is 12.2. The van der Waals surface area contributed by atoms with Crippen LogP contribution in [-0.2, 0) is 0 Å². The van der Waals surface area contributed by atoms with E-state index in [0.29, 0.717) is 0 Å². The van der Waals surface area contributed by atoms with Gasteiger partial charge < -0.3 is 0 Å². The molecule has 0 fully saturated rings. The summed E-state index contributed by atoms with van der Waals surface area (Å²) in [5.41, 5.74) is 0. The van der Waals surface area contributed by atoms with Crippen LogP contribution in [0.1, 0.15) is 0 Å². The molecule has 246 valence electrons. The molecule has 0 aliphatic rings. The Hall–Kier alpha value is -7.02. The number of hydrogen-bond donors (Lipinski definition) is 0. The van der Waals surface area contributed by atoms with Crippen LogP contribution in [0.15, 0.2) is 182 Å². The van der Waals surface area contributed by atoms with E-state index in [9.17, 15) is 0 Å². The summed E-state index contributed by atoms with van der Waals surface area (Å²) in [6.07, 6.45) is 0. The van der Waals surface area contributed by atoms with Crippen molar-refractivity contribution in [1.29, 1.82) is 0 Å². The monoisotopic (exact) mass is 678 g/mol. The molecule has 13 aromatic carbocycles. The maximum absolute atomic E-state index is 2.42. The fraction of sp³-hybridized carbons (Fsp3) is 0. The van der Waals surface area contributed by atoms with Crippen molar-refractivity contribution in [2.24, 2.45) is 0 Å². The minimum Gasteiger partial charge on any atom is -0.0616 e. The van der Waals surface area contributed by atoms with E-state index < -0.39 is 0 Å². The standard InChI is InChI=1S/C54H30/c1-3-7-33-13-39-19-45-25-49-27-51-29-53-35(15-41(51)21-47(49)23-43(45)17-37(39)11-31(33)5-1)9-10-36-16-42-22-48-24-44-18-38-12-32-6-2-4-8-34(32)14-40(38)20-46(44)26-50(48)28-52(42)30-54(36)53/h1-30H. The first-order valence-electron chi connectivity index (χ1n) is 18.9. The van der Waals surface area contributed by atoms with Gasteiger partial charge in [0, 0.05) is 0 Å². The first-order valence-corrected chi connectivity index (χ1v) is 18.9. The summed E-state index contributed by atoms with van der Waals surface area (Å²) in [5, 5.41) is 30.8. The average molecular weight is 679 g/mol. The van der Waals surface area contributed by atoms with Crippen molar-refractivity contribution >= 4 is 129 Å². The number of fused-ring (bicyclic) bond motifs is 13. The Morgan fingerprint density at radius 2 is 0.296 bits per heavy atom. The molecule has 0 aliphatic heterocycles. The Kier molecular flexibility index (Phi) is 5.45. The maximum atomic E-state index is 2.42. The highest BCUT2D eigenvalue weighted by Crippen LogP contribution is 2.38. The zero-order valence-corrected chi connectivity index (χ0v) is 29.3. The van der Waals surface area contributed by atoms with Gasteiger partial charge in [0.15, 0.2) is 0 Å². The number of rotatable bonds is 0. The molecule has 0 saturated heterocycles. The van der Waals surface area contributed by atoms with Crippen LogP contribution in [0.5, 0.6) is 0 Å². The predicted octanol–water partition coefficient (Wildman–Crippen LogP) is 15.5. The summed E-state index contributed by atoms with van der Waals surface area (Å²) >= 11 is 0. The van der Waals surface area contributed by atoms with Gasteiger partial charge in [-0.1, -0.05) is 60.7 Å². The van der Waals surface area contributed by atoms with Gasteiger partial charge in [-0.2, -0.15) is 0 Å². The van der Waals surface area contributed by atoms with Gasteiger partial charge in [0.05, 0.1) is 0 Å². The van der Waals surface area contributed by atoms with E-state index in [4.69, 9.17) is 0 Å². The van der Waals surface area contributed by atoms with Crippen LogP contribution >= 0.6 is 0 Å². The van der Waals surface area contributed by atoms with Crippen LogP contribution in [-0.4, -0.2) is 0 Å². The summed E-state index contributed by atoms with van der Waals surface area (Å²) in [6.45, 7) is 0. The molecule has 0 amide bonds. The molecule has 0 heterocycles. The van der Waals surface area contributed by atoms with E-state index in [2.05, 4.69) is 182 Å². The van der Waals surface area contributed by atoms with Crippen molar-refractivity contribution in [3.8, 4) is 0 Å². The SMILES string of the molecule is c1ccc2cc3cc4cc5cc6cc7c(ccc8cc9cc%10cc%11cc%12cc%13ccccc%13cc%12cc%11cc%10cc9cc87)cc6cc5cc4cc3cc2c1. The zero-order valence-electron chi connectivity index (χ0n) is 29.3. The third kappa shape index (κ3) is 4.20. The molecule has 13 rings (SSSR count). The molecule has 0 aromatic heterocycles. The largest absolute Gasteiger partial charge is 0.0616 e. The molecule has 0 atom stereocenters. The smallest absolute Gasteiger partial charge is 0.00988 e. The van der Waals surface area contributed by atoms with Crippen molar-refractivity contribution in [2.75, 3.05) is 0 Å². The first-order chi connectivity index (χ1) is 26.6. The van der Waals surface area contributed by atoms with E-state index in [1.165, 1.54) is 129 Å². The molecule has 0 unspecified atom stereocenters. The third-order valence-corrected chi connectivity index (χ3v) is 12.2. The van der Waals surface area contributed by atoms with Crippen molar-refractivity contribution in [3.05, 3.63) is 182 Å². The van der Waals surface area contributed by atoms with Crippen LogP contribution in [0.25, 0.3) is 129 Å². The van der Waals surface area contributed by atoms with E-state index in [1.807, 2.05) is 0 Å². The first kappa shape index (κ1) is 28.6. The Morgan fingerprint density at radius 3 is 0.519 bits per heavy atom. The second-order valence-electron chi connectivity index (χ2n) is 15.5. The molecular formula is C54H30. The second kappa shape index (κ2) is 10.3. The van der Waals surface area contributed by atoms with Gasteiger partial charge in [0.25, 0.3) is 0 Å². The van der Waals surface area contributed by atoms with Gasteiger partial charge in [-0.05, 0) is 251 Å². The number of benzene rings is 13. The fourth-order valence-corrected chi connectivity index (χ4v) is 9.45. The molecule has 13 aromatic rings. The molecule has 0 saturated carbocycles. The van der Waals surface area contributed by atoms with Crippen LogP contribution in [0.4, 0.5) is 0 Å². The Bertz CT molecular complexity index is 3580. The van der Waals surface area contributed by atoms with Crippen molar-refractivity contribution in [2.45, 2.75) is 0 Å². The molecular weight excluding hydrogens is 649 g/mol. The van der Waals surface area contributed by atoms with Gasteiger partial charge in [0.2, 0.25) is 0 Å². The van der Waals surface area contributed by atoms with E-state index in [-0.39, 0.29) is 0 Å². The van der Waals surface area contributed by atoms with Gasteiger partial charge in [-0.3, -0.25) is 0 Å². The Morgan fingerprint density at radius 1 is 0.130 bits per heavy atom. The Labute approximate surface area is 310 Å². The van der Waals surface area contributed by atoms with Crippen molar-refractivity contribution < 1.29 is 0 Å². The quantitative estimate of drug-likeness (QED) is 0.111. The molecule has 0 heteroatoms. The van der Waals surface area contributed by atoms with E-state index in [1.54, 1.807) is 0 Å². The average Bonchev–Trinajstić information content (AvgIpc) is 3.19. The lowest BCUT2D eigenvalue weighted by Gasteiger charge is -2.12. The summed E-state index contributed by atoms with van der Waals surface area (Å²) in [5.74, 6) is 0. The Balaban J connectivity index is 0.977. The van der Waals surface area contributed by atoms with E-state index >= 15 is 0 Å². The van der Waals surface area contributed by atoms with Crippen molar-refractivity contribution in [3.63, 3.8) is 0 Å².